The molecular weight excluding hydrogens is 406 g/mol. The quantitative estimate of drug-likeness (QED) is 0.785. The van der Waals surface area contributed by atoms with Crippen molar-refractivity contribution < 1.29 is 9.53 Å². The van der Waals surface area contributed by atoms with Crippen molar-refractivity contribution >= 4 is 21.8 Å². The zero-order valence-corrected chi connectivity index (χ0v) is 17.0. The highest BCUT2D eigenvalue weighted by Crippen LogP contribution is 2.36. The van der Waals surface area contributed by atoms with Gasteiger partial charge in [-0.15, -0.1) is 0 Å². The highest BCUT2D eigenvalue weighted by molar-refractivity contribution is 9.10. The second-order valence-electron chi connectivity index (χ2n) is 7.45. The van der Waals surface area contributed by atoms with E-state index >= 15 is 0 Å². The minimum absolute atomic E-state index is 0.180. The molecule has 4 rings (SSSR count). The van der Waals surface area contributed by atoms with E-state index in [1.807, 2.05) is 30.3 Å². The minimum Gasteiger partial charge on any atom is -0.490 e. The van der Waals surface area contributed by atoms with E-state index in [4.69, 9.17) is 4.74 Å². The average molecular weight is 430 g/mol. The Morgan fingerprint density at radius 3 is 2.74 bits per heavy atom. The number of fused-ring (bicyclic) bond motifs is 2. The third-order valence-electron chi connectivity index (χ3n) is 5.67. The maximum atomic E-state index is 12.2. The molecular formula is C21H24BrN3O2. The minimum atomic E-state index is -0.180. The molecule has 0 unspecified atom stereocenters. The van der Waals surface area contributed by atoms with E-state index in [0.717, 1.165) is 28.6 Å². The number of rotatable bonds is 5. The zero-order chi connectivity index (χ0) is 18.8. The van der Waals surface area contributed by atoms with Gasteiger partial charge in [-0.05, 0) is 78.5 Å². The monoisotopic (exact) mass is 429 g/mol. The molecule has 1 amide bonds. The topological polar surface area (TPSA) is 54.5 Å². The van der Waals surface area contributed by atoms with Gasteiger partial charge < -0.3 is 15.0 Å². The van der Waals surface area contributed by atoms with Gasteiger partial charge in [-0.1, -0.05) is 12.1 Å². The SMILES string of the molecule is CN1[C@@H]2CC[C@H]1C[C@@H](Oc1cccc(CNC(=O)c3ccc(Br)cn3)c1)C2. The molecule has 142 valence electrons. The smallest absolute Gasteiger partial charge is 0.270 e. The number of benzene rings is 1. The van der Waals surface area contributed by atoms with Crippen LogP contribution >= 0.6 is 15.9 Å². The van der Waals surface area contributed by atoms with Crippen LogP contribution in [-0.4, -0.2) is 41.0 Å². The fourth-order valence-electron chi connectivity index (χ4n) is 4.16. The molecule has 1 aromatic heterocycles. The van der Waals surface area contributed by atoms with Crippen LogP contribution in [0.4, 0.5) is 0 Å². The van der Waals surface area contributed by atoms with Crippen molar-refractivity contribution in [3.8, 4) is 5.75 Å². The van der Waals surface area contributed by atoms with E-state index in [1.165, 1.54) is 12.8 Å². The summed E-state index contributed by atoms with van der Waals surface area (Å²) in [7, 11) is 2.24. The summed E-state index contributed by atoms with van der Waals surface area (Å²) in [5.41, 5.74) is 1.43. The Kier molecular flexibility index (Phi) is 5.45. The Hall–Kier alpha value is -1.92. The molecule has 27 heavy (non-hydrogen) atoms. The molecule has 0 spiro atoms. The van der Waals surface area contributed by atoms with Crippen molar-refractivity contribution in [1.82, 2.24) is 15.2 Å². The van der Waals surface area contributed by atoms with Crippen LogP contribution in [0.1, 0.15) is 41.7 Å². The molecule has 0 aliphatic carbocycles. The standard InChI is InChI=1S/C21H24BrN3O2/c1-25-16-6-7-17(25)11-19(10-16)27-18-4-2-3-14(9-18)12-24-21(26)20-8-5-15(22)13-23-20/h2-5,8-9,13,16-17,19H,6-7,10-12H2,1H3,(H,24,26)/t16-,17+,19+. The number of hydrogen-bond donors (Lipinski definition) is 1. The summed E-state index contributed by atoms with van der Waals surface area (Å²) in [4.78, 5) is 18.9. The molecule has 0 radical (unpaired) electrons. The Balaban J connectivity index is 1.34. The number of ether oxygens (including phenoxy) is 1. The molecule has 2 bridgehead atoms. The number of carbonyl (C=O) groups is 1. The summed E-state index contributed by atoms with van der Waals surface area (Å²) >= 11 is 3.32. The Morgan fingerprint density at radius 1 is 1.26 bits per heavy atom. The van der Waals surface area contributed by atoms with Crippen molar-refractivity contribution in [3.63, 3.8) is 0 Å². The summed E-state index contributed by atoms with van der Waals surface area (Å²) in [6.45, 7) is 0.451. The van der Waals surface area contributed by atoms with Crippen LogP contribution in [0.15, 0.2) is 47.1 Å². The van der Waals surface area contributed by atoms with E-state index in [-0.39, 0.29) is 12.0 Å². The number of nitrogens with zero attached hydrogens (tertiary/aromatic N) is 2. The van der Waals surface area contributed by atoms with Crippen molar-refractivity contribution in [2.75, 3.05) is 7.05 Å². The highest BCUT2D eigenvalue weighted by Gasteiger charge is 2.39. The Morgan fingerprint density at radius 2 is 2.04 bits per heavy atom. The molecule has 3 heterocycles. The van der Waals surface area contributed by atoms with Crippen LogP contribution in [0, 0.1) is 0 Å². The summed E-state index contributed by atoms with van der Waals surface area (Å²) < 4.78 is 7.13. The number of nitrogens with one attached hydrogen (secondary N) is 1. The molecule has 6 heteroatoms. The summed E-state index contributed by atoms with van der Waals surface area (Å²) in [5, 5.41) is 2.92. The van der Waals surface area contributed by atoms with Crippen LogP contribution in [-0.2, 0) is 6.54 Å². The van der Waals surface area contributed by atoms with Crippen LogP contribution in [0.25, 0.3) is 0 Å². The van der Waals surface area contributed by atoms with Gasteiger partial charge in [-0.25, -0.2) is 4.98 Å². The lowest BCUT2D eigenvalue weighted by Gasteiger charge is -2.36. The van der Waals surface area contributed by atoms with Crippen LogP contribution in [0.2, 0.25) is 0 Å². The third kappa shape index (κ3) is 4.33. The molecule has 0 saturated carbocycles. The van der Waals surface area contributed by atoms with Gasteiger partial charge >= 0.3 is 0 Å². The molecule has 2 fully saturated rings. The number of piperidine rings is 1. The summed E-state index contributed by atoms with van der Waals surface area (Å²) in [6.07, 6.45) is 6.69. The first-order valence-electron chi connectivity index (χ1n) is 9.46. The van der Waals surface area contributed by atoms with E-state index < -0.39 is 0 Å². The highest BCUT2D eigenvalue weighted by atomic mass is 79.9. The Bertz CT molecular complexity index is 797. The zero-order valence-electron chi connectivity index (χ0n) is 15.4. The first-order valence-corrected chi connectivity index (χ1v) is 10.2. The van der Waals surface area contributed by atoms with E-state index in [0.29, 0.717) is 24.3 Å². The van der Waals surface area contributed by atoms with Gasteiger partial charge in [0.1, 0.15) is 17.5 Å². The van der Waals surface area contributed by atoms with Gasteiger partial charge in [0, 0.05) is 29.3 Å². The van der Waals surface area contributed by atoms with Gasteiger partial charge in [-0.2, -0.15) is 0 Å². The second kappa shape index (κ2) is 7.98. The number of halogens is 1. The molecule has 5 nitrogen and oxygen atoms in total. The molecule has 2 aliphatic rings. The predicted octanol–water partition coefficient (Wildman–Crippen LogP) is 3.78. The van der Waals surface area contributed by atoms with E-state index in [2.05, 4.69) is 38.2 Å². The fourth-order valence-corrected chi connectivity index (χ4v) is 4.40. The molecule has 1 aromatic carbocycles. The second-order valence-corrected chi connectivity index (χ2v) is 8.37. The van der Waals surface area contributed by atoms with Gasteiger partial charge in [0.05, 0.1) is 0 Å². The maximum Gasteiger partial charge on any atom is 0.270 e. The summed E-state index contributed by atoms with van der Waals surface area (Å²) in [5.74, 6) is 0.707. The number of carbonyl (C=O) groups excluding carboxylic acids is 1. The average Bonchev–Trinajstić information content (AvgIpc) is 2.88. The van der Waals surface area contributed by atoms with E-state index in [9.17, 15) is 4.79 Å². The first-order chi connectivity index (χ1) is 13.1. The molecule has 2 aromatic rings. The molecule has 1 N–H and O–H groups in total. The number of hydrogen-bond acceptors (Lipinski definition) is 4. The lowest BCUT2D eigenvalue weighted by atomic mass is 10.0. The van der Waals surface area contributed by atoms with Gasteiger partial charge in [0.2, 0.25) is 0 Å². The maximum absolute atomic E-state index is 12.2. The normalized spacial score (nSPS) is 24.6. The van der Waals surface area contributed by atoms with Crippen LogP contribution < -0.4 is 10.1 Å². The first kappa shape index (κ1) is 18.4. The molecule has 3 atom stereocenters. The van der Waals surface area contributed by atoms with Crippen molar-refractivity contribution in [1.29, 1.82) is 0 Å². The summed E-state index contributed by atoms with van der Waals surface area (Å²) in [6, 6.07) is 12.8. The van der Waals surface area contributed by atoms with Crippen LogP contribution in [0.3, 0.4) is 0 Å². The third-order valence-corrected chi connectivity index (χ3v) is 6.14. The Labute approximate surface area is 168 Å². The van der Waals surface area contributed by atoms with Crippen LogP contribution in [0.5, 0.6) is 5.75 Å². The van der Waals surface area contributed by atoms with Gasteiger partial charge in [0.15, 0.2) is 0 Å². The van der Waals surface area contributed by atoms with Crippen molar-refractivity contribution in [2.45, 2.75) is 50.4 Å². The van der Waals surface area contributed by atoms with E-state index in [1.54, 1.807) is 12.3 Å². The number of aromatic nitrogens is 1. The number of amides is 1. The number of pyridine rings is 1. The van der Waals surface area contributed by atoms with Gasteiger partial charge in [0.25, 0.3) is 5.91 Å². The molecule has 2 aliphatic heterocycles. The largest absolute Gasteiger partial charge is 0.490 e. The van der Waals surface area contributed by atoms with Crippen molar-refractivity contribution in [2.24, 2.45) is 0 Å². The molecule has 2 saturated heterocycles. The lowest BCUT2D eigenvalue weighted by Crippen LogP contribution is -2.43. The fraction of sp³-hybridized carbons (Fsp3) is 0.429. The van der Waals surface area contributed by atoms with Gasteiger partial charge in [-0.3, -0.25) is 4.79 Å². The lowest BCUT2D eigenvalue weighted by molar-refractivity contribution is 0.0661. The predicted molar refractivity (Wildman–Crippen MR) is 108 cm³/mol. The van der Waals surface area contributed by atoms with Crippen molar-refractivity contribution in [3.05, 3.63) is 58.3 Å².